The van der Waals surface area contributed by atoms with Gasteiger partial charge in [-0.25, -0.2) is 4.98 Å². The second-order valence-electron chi connectivity index (χ2n) is 8.85. The minimum atomic E-state index is -0.289. The summed E-state index contributed by atoms with van der Waals surface area (Å²) in [6.07, 6.45) is 0.851. The van der Waals surface area contributed by atoms with Crippen LogP contribution in [-0.4, -0.2) is 39.9 Å². The van der Waals surface area contributed by atoms with Crippen molar-refractivity contribution in [3.8, 4) is 11.5 Å². The molecular formula is C24H29N3O4S2. The smallest absolute Gasteiger partial charge is 0.259 e. The van der Waals surface area contributed by atoms with Crippen LogP contribution in [0.15, 0.2) is 23.0 Å². The zero-order valence-corrected chi connectivity index (χ0v) is 21.2. The van der Waals surface area contributed by atoms with Gasteiger partial charge in [-0.1, -0.05) is 12.1 Å². The van der Waals surface area contributed by atoms with Gasteiger partial charge in [0.25, 0.3) is 5.56 Å². The summed E-state index contributed by atoms with van der Waals surface area (Å²) in [7, 11) is 0. The van der Waals surface area contributed by atoms with Crippen LogP contribution in [0.25, 0.3) is 10.2 Å². The van der Waals surface area contributed by atoms with E-state index in [9.17, 15) is 9.59 Å². The van der Waals surface area contributed by atoms with Crippen LogP contribution >= 0.6 is 23.1 Å². The van der Waals surface area contributed by atoms with Gasteiger partial charge < -0.3 is 19.8 Å². The molecule has 4 rings (SSSR count). The quantitative estimate of drug-likeness (QED) is 0.464. The van der Waals surface area contributed by atoms with E-state index in [-0.39, 0.29) is 22.3 Å². The maximum absolute atomic E-state index is 12.5. The monoisotopic (exact) mass is 487 g/mol. The fourth-order valence-electron chi connectivity index (χ4n) is 3.83. The summed E-state index contributed by atoms with van der Waals surface area (Å²) < 4.78 is 11.9. The number of hydrogen-bond donors (Lipinski definition) is 2. The van der Waals surface area contributed by atoms with Gasteiger partial charge in [0.1, 0.15) is 22.9 Å². The van der Waals surface area contributed by atoms with Gasteiger partial charge >= 0.3 is 0 Å². The maximum atomic E-state index is 12.5. The second-order valence-corrected chi connectivity index (χ2v) is 11.4. The lowest BCUT2D eigenvalue weighted by molar-refractivity contribution is -0.120. The Balaban J connectivity index is 1.25. The molecule has 2 N–H and O–H groups in total. The largest absolute Gasteiger partial charge is 0.488 e. The molecule has 0 fully saturated rings. The van der Waals surface area contributed by atoms with Crippen molar-refractivity contribution in [1.82, 2.24) is 15.3 Å². The van der Waals surface area contributed by atoms with Gasteiger partial charge in [0.15, 0.2) is 11.5 Å². The Morgan fingerprint density at radius 2 is 2.18 bits per heavy atom. The van der Waals surface area contributed by atoms with Crippen LogP contribution < -0.4 is 20.3 Å². The van der Waals surface area contributed by atoms with Gasteiger partial charge in [-0.05, 0) is 46.2 Å². The molecule has 1 aliphatic rings. The number of thioether (sulfide) groups is 1. The summed E-state index contributed by atoms with van der Waals surface area (Å²) in [6.45, 7) is 10.6. The predicted octanol–water partition coefficient (Wildman–Crippen LogP) is 4.13. The van der Waals surface area contributed by atoms with E-state index >= 15 is 0 Å². The highest BCUT2D eigenvalue weighted by Crippen LogP contribution is 2.41. The number of hydrogen-bond acceptors (Lipinski definition) is 7. The van der Waals surface area contributed by atoms with Gasteiger partial charge in [-0.15, -0.1) is 23.1 Å². The van der Waals surface area contributed by atoms with E-state index in [2.05, 4.69) is 35.2 Å². The summed E-state index contributed by atoms with van der Waals surface area (Å²) in [5.74, 6) is 2.47. The number of aromatic nitrogens is 2. The molecule has 3 aromatic rings. The highest BCUT2D eigenvalue weighted by Gasteiger charge is 2.32. The van der Waals surface area contributed by atoms with E-state index in [0.29, 0.717) is 35.9 Å². The number of aromatic amines is 1. The number of thiophene rings is 1. The molecule has 1 aliphatic heterocycles. The molecule has 9 heteroatoms. The molecule has 2 aromatic heterocycles. The lowest BCUT2D eigenvalue weighted by Crippen LogP contribution is -2.34. The molecule has 1 aromatic carbocycles. The van der Waals surface area contributed by atoms with Crippen molar-refractivity contribution in [3.05, 3.63) is 50.4 Å². The third-order valence-corrected chi connectivity index (χ3v) is 7.90. The number of rotatable bonds is 8. The molecule has 7 nitrogen and oxygen atoms in total. The summed E-state index contributed by atoms with van der Waals surface area (Å²) in [6, 6.07) is 5.91. The van der Waals surface area contributed by atoms with Crippen LogP contribution in [0.3, 0.4) is 0 Å². The van der Waals surface area contributed by atoms with Gasteiger partial charge in [-0.3, -0.25) is 9.59 Å². The zero-order chi connectivity index (χ0) is 23.8. The molecule has 1 amide bonds. The van der Waals surface area contributed by atoms with Crippen LogP contribution in [-0.2, 0) is 17.0 Å². The van der Waals surface area contributed by atoms with Crippen molar-refractivity contribution in [2.24, 2.45) is 0 Å². The number of ether oxygens (including phenoxy) is 2. The number of nitrogens with one attached hydrogen (secondary N) is 2. The molecule has 3 heterocycles. The number of nitrogens with zero attached hydrogens (tertiary/aromatic N) is 1. The second kappa shape index (κ2) is 9.38. The molecule has 176 valence electrons. The van der Waals surface area contributed by atoms with E-state index in [1.165, 1.54) is 23.1 Å². The summed E-state index contributed by atoms with van der Waals surface area (Å²) in [5, 5.41) is 3.28. The highest BCUT2D eigenvalue weighted by molar-refractivity contribution is 7.99. The van der Waals surface area contributed by atoms with Crippen LogP contribution in [0, 0.1) is 13.8 Å². The standard InChI is InChI=1S/C24H29N3O4S2/c1-13-14(2)33-23-19(13)22(29)26-18(27-23)12-32-15(3)21(28)25-9-10-30-17-8-6-7-16-11-24(4,5)31-20(16)17/h6-8,15H,9-12H2,1-5H3,(H,25,28)(H,26,27,29). The first-order valence-corrected chi connectivity index (χ1v) is 12.8. The van der Waals surface area contributed by atoms with Crippen LogP contribution in [0.2, 0.25) is 0 Å². The van der Waals surface area contributed by atoms with Crippen LogP contribution in [0.1, 0.15) is 42.6 Å². The molecule has 1 atom stereocenters. The number of para-hydroxylation sites is 1. The Morgan fingerprint density at radius 1 is 1.39 bits per heavy atom. The number of fused-ring (bicyclic) bond motifs is 2. The zero-order valence-electron chi connectivity index (χ0n) is 19.5. The van der Waals surface area contributed by atoms with E-state index in [1.807, 2.05) is 32.9 Å². The van der Waals surface area contributed by atoms with Crippen LogP contribution in [0.5, 0.6) is 11.5 Å². The normalized spacial score (nSPS) is 15.2. The van der Waals surface area contributed by atoms with Gasteiger partial charge in [-0.2, -0.15) is 0 Å². The number of H-pyrrole nitrogens is 1. The van der Waals surface area contributed by atoms with Crippen molar-refractivity contribution in [3.63, 3.8) is 0 Å². The summed E-state index contributed by atoms with van der Waals surface area (Å²) >= 11 is 2.96. The number of carbonyl (C=O) groups is 1. The fraction of sp³-hybridized carbons (Fsp3) is 0.458. The topological polar surface area (TPSA) is 93.3 Å². The van der Waals surface area contributed by atoms with E-state index in [4.69, 9.17) is 9.47 Å². The SMILES string of the molecule is Cc1sc2nc(CSC(C)C(=O)NCCOc3cccc4c3OC(C)(C)C4)[nH]c(=O)c2c1C. The maximum Gasteiger partial charge on any atom is 0.259 e. The van der Waals surface area contributed by atoms with E-state index in [0.717, 1.165) is 33.0 Å². The molecular weight excluding hydrogens is 458 g/mol. The highest BCUT2D eigenvalue weighted by atomic mass is 32.2. The Labute approximate surface area is 201 Å². The third-order valence-electron chi connectivity index (χ3n) is 5.64. The van der Waals surface area contributed by atoms with Crippen molar-refractivity contribution in [2.45, 2.75) is 57.6 Å². The lowest BCUT2D eigenvalue weighted by Gasteiger charge is -2.18. The molecule has 0 aliphatic carbocycles. The minimum Gasteiger partial charge on any atom is -0.488 e. The molecule has 0 radical (unpaired) electrons. The van der Waals surface area contributed by atoms with Crippen molar-refractivity contribution >= 4 is 39.2 Å². The Kier molecular flexibility index (Phi) is 6.72. The average Bonchev–Trinajstić information content (AvgIpc) is 3.23. The Hall–Kier alpha value is -2.52. The van der Waals surface area contributed by atoms with Crippen molar-refractivity contribution in [1.29, 1.82) is 0 Å². The Bertz CT molecular complexity index is 1250. The van der Waals surface area contributed by atoms with Gasteiger partial charge in [0, 0.05) is 16.9 Å². The van der Waals surface area contributed by atoms with E-state index < -0.39 is 0 Å². The molecule has 1 unspecified atom stereocenters. The molecule has 33 heavy (non-hydrogen) atoms. The minimum absolute atomic E-state index is 0.0782. The molecule has 0 spiro atoms. The van der Waals surface area contributed by atoms with Gasteiger partial charge in [0.05, 0.1) is 22.9 Å². The number of benzene rings is 1. The molecule has 0 saturated heterocycles. The average molecular weight is 488 g/mol. The first-order valence-electron chi connectivity index (χ1n) is 11.0. The first kappa shape index (κ1) is 23.6. The predicted molar refractivity (Wildman–Crippen MR) is 134 cm³/mol. The summed E-state index contributed by atoms with van der Waals surface area (Å²) in [5.41, 5.74) is 1.78. The van der Waals surface area contributed by atoms with Crippen LogP contribution in [0.4, 0.5) is 0 Å². The molecule has 0 bridgehead atoms. The first-order chi connectivity index (χ1) is 15.6. The van der Waals surface area contributed by atoms with Crippen molar-refractivity contribution in [2.75, 3.05) is 13.2 Å². The number of carbonyl (C=O) groups excluding carboxylic acids is 1. The van der Waals surface area contributed by atoms with Crippen molar-refractivity contribution < 1.29 is 14.3 Å². The lowest BCUT2D eigenvalue weighted by atomic mass is 10.0. The Morgan fingerprint density at radius 3 is 2.97 bits per heavy atom. The van der Waals surface area contributed by atoms with Gasteiger partial charge in [0.2, 0.25) is 5.91 Å². The van der Waals surface area contributed by atoms with E-state index in [1.54, 1.807) is 0 Å². The third kappa shape index (κ3) is 5.19. The molecule has 0 saturated carbocycles. The fourth-order valence-corrected chi connectivity index (χ4v) is 5.66. The number of aryl methyl sites for hydroxylation is 2. The number of amides is 1. The summed E-state index contributed by atoms with van der Waals surface area (Å²) in [4.78, 5) is 34.2.